The monoisotopic (exact) mass is 431 g/mol. The Kier molecular flexibility index (Phi) is 7.26. The van der Waals surface area contributed by atoms with E-state index in [4.69, 9.17) is 0 Å². The van der Waals surface area contributed by atoms with Gasteiger partial charge in [-0.15, -0.1) is 0 Å². The highest BCUT2D eigenvalue weighted by molar-refractivity contribution is 7.88. The number of hydrogen-bond acceptors (Lipinski definition) is 4. The number of anilines is 1. The molecule has 3 rings (SSSR count). The lowest BCUT2D eigenvalue weighted by Crippen LogP contribution is -2.44. The molecule has 2 heterocycles. The number of nitrogens with zero attached hydrogens (tertiary/aromatic N) is 2. The Balaban J connectivity index is 1.76. The predicted octanol–water partition coefficient (Wildman–Crippen LogP) is 4.28. The van der Waals surface area contributed by atoms with Crippen LogP contribution in [0, 0.1) is 12.7 Å². The van der Waals surface area contributed by atoms with Crippen LogP contribution in [0.4, 0.5) is 10.2 Å². The summed E-state index contributed by atoms with van der Waals surface area (Å²) in [6, 6.07) is 8.95. The fourth-order valence-corrected chi connectivity index (χ4v) is 4.70. The molecule has 1 aliphatic heterocycles. The van der Waals surface area contributed by atoms with E-state index < -0.39 is 10.0 Å². The summed E-state index contributed by atoms with van der Waals surface area (Å²) < 4.78 is 39.1. The predicted molar refractivity (Wildman–Crippen MR) is 121 cm³/mol. The van der Waals surface area contributed by atoms with Crippen molar-refractivity contribution in [1.82, 2.24) is 9.71 Å². The second kappa shape index (κ2) is 9.71. The number of hydrogen-bond donors (Lipinski definition) is 1. The van der Waals surface area contributed by atoms with E-state index in [1.165, 1.54) is 12.3 Å². The molecule has 5 nitrogen and oxygen atoms in total. The summed E-state index contributed by atoms with van der Waals surface area (Å²) in [6.45, 7) is 5.58. The number of unbranched alkanes of at least 4 members (excludes halogenated alkanes) is 1. The smallest absolute Gasteiger partial charge is 0.208 e. The topological polar surface area (TPSA) is 62.3 Å². The van der Waals surface area contributed by atoms with Gasteiger partial charge in [0, 0.05) is 30.9 Å². The van der Waals surface area contributed by atoms with Crippen molar-refractivity contribution in [3.8, 4) is 0 Å². The van der Waals surface area contributed by atoms with E-state index in [0.29, 0.717) is 0 Å². The van der Waals surface area contributed by atoms with E-state index >= 15 is 0 Å². The second-order valence-electron chi connectivity index (χ2n) is 7.92. The van der Waals surface area contributed by atoms with Gasteiger partial charge in [-0.05, 0) is 67.2 Å². The standard InChI is InChI=1S/C23H30FN3O2S/c1-4-5-6-22(21-9-8-19(24)15-17(21)2)18-7-10-23(25-16-18)27-13-11-20(12-14-27)26-30(3,28)29/h6-10,15-16,20,26H,4-5,11-14H2,1-3H3. The first-order valence-corrected chi connectivity index (χ1v) is 12.3. The third kappa shape index (κ3) is 5.89. The number of nitrogens with one attached hydrogen (secondary N) is 1. The number of piperidine rings is 1. The Morgan fingerprint density at radius 2 is 2.00 bits per heavy atom. The van der Waals surface area contributed by atoms with Crippen LogP contribution < -0.4 is 9.62 Å². The van der Waals surface area contributed by atoms with Gasteiger partial charge < -0.3 is 4.90 Å². The zero-order chi connectivity index (χ0) is 21.7. The van der Waals surface area contributed by atoms with Gasteiger partial charge in [0.25, 0.3) is 0 Å². The lowest BCUT2D eigenvalue weighted by Gasteiger charge is -2.32. The van der Waals surface area contributed by atoms with Gasteiger partial charge in [-0.3, -0.25) is 0 Å². The number of sulfonamides is 1. The second-order valence-corrected chi connectivity index (χ2v) is 9.70. The summed E-state index contributed by atoms with van der Waals surface area (Å²) in [6.07, 6.45) is 8.76. The zero-order valence-corrected chi connectivity index (χ0v) is 18.7. The largest absolute Gasteiger partial charge is 0.357 e. The molecule has 0 unspecified atom stereocenters. The van der Waals surface area contributed by atoms with E-state index in [9.17, 15) is 12.8 Å². The first-order chi connectivity index (χ1) is 14.3. The number of rotatable bonds is 7. The molecule has 1 fully saturated rings. The molecule has 0 amide bonds. The molecule has 2 aromatic rings. The highest BCUT2D eigenvalue weighted by atomic mass is 32.2. The van der Waals surface area contributed by atoms with Gasteiger partial charge in [-0.1, -0.05) is 25.5 Å². The number of aryl methyl sites for hydroxylation is 1. The van der Waals surface area contributed by atoms with E-state index in [2.05, 4.69) is 33.7 Å². The minimum Gasteiger partial charge on any atom is -0.357 e. The molecule has 30 heavy (non-hydrogen) atoms. The molecule has 1 aromatic carbocycles. The van der Waals surface area contributed by atoms with Crippen molar-refractivity contribution in [2.75, 3.05) is 24.2 Å². The summed E-state index contributed by atoms with van der Waals surface area (Å²) >= 11 is 0. The van der Waals surface area contributed by atoms with Crippen LogP contribution in [0.2, 0.25) is 0 Å². The molecule has 1 aliphatic rings. The molecule has 0 bridgehead atoms. The Hall–Kier alpha value is -2.25. The number of allylic oxidation sites excluding steroid dienone is 1. The lowest BCUT2D eigenvalue weighted by atomic mass is 9.94. The van der Waals surface area contributed by atoms with Gasteiger partial charge in [-0.25, -0.2) is 22.5 Å². The van der Waals surface area contributed by atoms with E-state index in [1.54, 1.807) is 6.07 Å². The maximum atomic E-state index is 13.6. The highest BCUT2D eigenvalue weighted by Gasteiger charge is 2.22. The van der Waals surface area contributed by atoms with Crippen molar-refractivity contribution < 1.29 is 12.8 Å². The first-order valence-electron chi connectivity index (χ1n) is 10.4. The first kappa shape index (κ1) is 22.4. The van der Waals surface area contributed by atoms with Crippen molar-refractivity contribution in [1.29, 1.82) is 0 Å². The molecule has 0 radical (unpaired) electrons. The van der Waals surface area contributed by atoms with Gasteiger partial charge in [-0.2, -0.15) is 0 Å². The van der Waals surface area contributed by atoms with Gasteiger partial charge in [0.1, 0.15) is 11.6 Å². The molecule has 1 N–H and O–H groups in total. The number of halogens is 1. The fourth-order valence-electron chi connectivity index (χ4n) is 3.86. The maximum Gasteiger partial charge on any atom is 0.208 e. The molecule has 0 aliphatic carbocycles. The van der Waals surface area contributed by atoms with Crippen molar-refractivity contribution in [3.05, 3.63) is 65.1 Å². The van der Waals surface area contributed by atoms with Crippen LogP contribution in [-0.4, -0.2) is 38.8 Å². The molecule has 1 saturated heterocycles. The summed E-state index contributed by atoms with van der Waals surface area (Å²) in [4.78, 5) is 6.86. The number of aromatic nitrogens is 1. The van der Waals surface area contributed by atoms with Crippen molar-refractivity contribution in [3.63, 3.8) is 0 Å². The highest BCUT2D eigenvalue weighted by Crippen LogP contribution is 2.28. The SMILES string of the molecule is CCCC=C(c1ccc(N2CCC(NS(C)(=O)=O)CC2)nc1)c1ccc(F)cc1C. The van der Waals surface area contributed by atoms with Crippen molar-refractivity contribution >= 4 is 21.4 Å². The van der Waals surface area contributed by atoms with Crippen LogP contribution in [0.25, 0.3) is 5.57 Å². The van der Waals surface area contributed by atoms with Gasteiger partial charge in [0.05, 0.1) is 6.26 Å². The maximum absolute atomic E-state index is 13.6. The van der Waals surface area contributed by atoms with Crippen LogP contribution in [0.3, 0.4) is 0 Å². The van der Waals surface area contributed by atoms with Crippen molar-refractivity contribution in [2.24, 2.45) is 0 Å². The van der Waals surface area contributed by atoms with Gasteiger partial charge in [0.2, 0.25) is 10.0 Å². The fraction of sp³-hybridized carbons (Fsp3) is 0.435. The van der Waals surface area contributed by atoms with Crippen LogP contribution in [0.1, 0.15) is 49.3 Å². The average molecular weight is 432 g/mol. The van der Waals surface area contributed by atoms with Crippen molar-refractivity contribution in [2.45, 2.75) is 45.6 Å². The minimum absolute atomic E-state index is 0.0134. The molecule has 162 valence electrons. The summed E-state index contributed by atoms with van der Waals surface area (Å²) in [7, 11) is -3.18. The minimum atomic E-state index is -3.18. The average Bonchev–Trinajstić information content (AvgIpc) is 2.69. The Morgan fingerprint density at radius 1 is 1.27 bits per heavy atom. The number of pyridine rings is 1. The van der Waals surface area contributed by atoms with E-state index in [-0.39, 0.29) is 11.9 Å². The zero-order valence-electron chi connectivity index (χ0n) is 17.9. The quantitative estimate of drug-likeness (QED) is 0.711. The number of benzene rings is 1. The molecule has 1 aromatic heterocycles. The molecule has 0 saturated carbocycles. The molecule has 0 spiro atoms. The van der Waals surface area contributed by atoms with Crippen LogP contribution in [-0.2, 0) is 10.0 Å². The Labute approximate surface area is 179 Å². The summed E-state index contributed by atoms with van der Waals surface area (Å²) in [5.41, 5.74) is 4.01. The third-order valence-electron chi connectivity index (χ3n) is 5.37. The van der Waals surface area contributed by atoms with Gasteiger partial charge in [0.15, 0.2) is 0 Å². The summed E-state index contributed by atoms with van der Waals surface area (Å²) in [5.74, 6) is 0.663. The van der Waals surface area contributed by atoms with Gasteiger partial charge >= 0.3 is 0 Å². The third-order valence-corrected chi connectivity index (χ3v) is 6.14. The lowest BCUT2D eigenvalue weighted by molar-refractivity contribution is 0.460. The summed E-state index contributed by atoms with van der Waals surface area (Å²) in [5, 5.41) is 0. The van der Waals surface area contributed by atoms with Crippen LogP contribution in [0.15, 0.2) is 42.6 Å². The molecule has 7 heteroatoms. The van der Waals surface area contributed by atoms with Crippen LogP contribution >= 0.6 is 0 Å². The van der Waals surface area contributed by atoms with E-state index in [1.807, 2.05) is 25.3 Å². The normalized spacial score (nSPS) is 16.1. The Morgan fingerprint density at radius 3 is 2.57 bits per heavy atom. The molecule has 0 atom stereocenters. The molecular formula is C23H30FN3O2S. The van der Waals surface area contributed by atoms with Crippen LogP contribution in [0.5, 0.6) is 0 Å². The van der Waals surface area contributed by atoms with E-state index in [0.717, 1.165) is 66.9 Å². The molecular weight excluding hydrogens is 401 g/mol. The Bertz CT molecular complexity index is 996.